The zero-order valence-corrected chi connectivity index (χ0v) is 16.8. The van der Waals surface area contributed by atoms with E-state index in [1.165, 1.54) is 12.1 Å². The number of rotatable bonds is 7. The SMILES string of the molecule is CCCN(CCC)C(=O)c1cc(-c2ccc(F)cc2)nn1-c1ccccc1Cl. The van der Waals surface area contributed by atoms with Gasteiger partial charge in [-0.15, -0.1) is 0 Å². The monoisotopic (exact) mass is 399 g/mol. The quantitative estimate of drug-likeness (QED) is 0.519. The average Bonchev–Trinajstić information content (AvgIpc) is 3.13. The Morgan fingerprint density at radius 3 is 2.32 bits per heavy atom. The second-order valence-corrected chi connectivity index (χ2v) is 6.98. The van der Waals surface area contributed by atoms with Crippen molar-refractivity contribution in [2.75, 3.05) is 13.1 Å². The highest BCUT2D eigenvalue weighted by molar-refractivity contribution is 6.32. The highest BCUT2D eigenvalue weighted by Gasteiger charge is 2.23. The van der Waals surface area contributed by atoms with E-state index in [1.54, 1.807) is 28.9 Å². The van der Waals surface area contributed by atoms with Gasteiger partial charge < -0.3 is 4.90 Å². The Morgan fingerprint density at radius 1 is 1.07 bits per heavy atom. The standard InChI is InChI=1S/C22H23ClFN3O/c1-3-13-26(14-4-2)22(28)21-15-19(16-9-11-17(24)12-10-16)25-27(21)20-8-6-5-7-18(20)23/h5-12,15H,3-4,13-14H2,1-2H3. The van der Waals surface area contributed by atoms with Gasteiger partial charge in [-0.05, 0) is 55.3 Å². The zero-order chi connectivity index (χ0) is 20.1. The topological polar surface area (TPSA) is 38.1 Å². The van der Waals surface area contributed by atoms with Gasteiger partial charge in [0.2, 0.25) is 0 Å². The van der Waals surface area contributed by atoms with Crippen molar-refractivity contribution in [3.8, 4) is 16.9 Å². The number of carbonyl (C=O) groups excluding carboxylic acids is 1. The molecule has 0 saturated heterocycles. The van der Waals surface area contributed by atoms with Gasteiger partial charge in [-0.3, -0.25) is 4.79 Å². The maximum atomic E-state index is 13.3. The molecule has 0 aliphatic carbocycles. The number of para-hydroxylation sites is 1. The van der Waals surface area contributed by atoms with Crippen LogP contribution in [-0.4, -0.2) is 33.7 Å². The lowest BCUT2D eigenvalue weighted by Crippen LogP contribution is -2.33. The van der Waals surface area contributed by atoms with E-state index in [1.807, 2.05) is 36.9 Å². The molecule has 0 aliphatic heterocycles. The van der Waals surface area contributed by atoms with Crippen molar-refractivity contribution < 1.29 is 9.18 Å². The lowest BCUT2D eigenvalue weighted by molar-refractivity contribution is 0.0746. The molecule has 6 heteroatoms. The summed E-state index contributed by atoms with van der Waals surface area (Å²) in [5, 5.41) is 5.13. The third-order valence-electron chi connectivity index (χ3n) is 4.42. The molecule has 3 rings (SSSR count). The van der Waals surface area contributed by atoms with Gasteiger partial charge in [-0.1, -0.05) is 37.6 Å². The van der Waals surface area contributed by atoms with Crippen LogP contribution >= 0.6 is 11.6 Å². The highest BCUT2D eigenvalue weighted by atomic mass is 35.5. The lowest BCUT2D eigenvalue weighted by Gasteiger charge is -2.21. The Bertz CT molecular complexity index is 947. The summed E-state index contributed by atoms with van der Waals surface area (Å²) in [6, 6.07) is 15.1. The van der Waals surface area contributed by atoms with E-state index in [2.05, 4.69) is 5.10 Å². The molecule has 0 spiro atoms. The van der Waals surface area contributed by atoms with E-state index in [0.717, 1.165) is 18.4 Å². The first-order valence-corrected chi connectivity index (χ1v) is 9.83. The second kappa shape index (κ2) is 9.02. The van der Waals surface area contributed by atoms with Crippen molar-refractivity contribution in [3.05, 3.63) is 71.1 Å². The summed E-state index contributed by atoms with van der Waals surface area (Å²) in [4.78, 5) is 15.1. The molecule has 1 heterocycles. The fraction of sp³-hybridized carbons (Fsp3) is 0.273. The van der Waals surface area contributed by atoms with Gasteiger partial charge in [-0.2, -0.15) is 5.10 Å². The Hall–Kier alpha value is -2.66. The van der Waals surface area contributed by atoms with E-state index in [4.69, 9.17) is 11.6 Å². The summed E-state index contributed by atoms with van der Waals surface area (Å²) in [7, 11) is 0. The summed E-state index contributed by atoms with van der Waals surface area (Å²) in [6.07, 6.45) is 1.74. The molecule has 2 aromatic carbocycles. The van der Waals surface area contributed by atoms with Gasteiger partial charge in [0.1, 0.15) is 11.5 Å². The van der Waals surface area contributed by atoms with Gasteiger partial charge in [-0.25, -0.2) is 9.07 Å². The fourth-order valence-corrected chi connectivity index (χ4v) is 3.33. The number of hydrogen-bond acceptors (Lipinski definition) is 2. The van der Waals surface area contributed by atoms with Gasteiger partial charge in [0.15, 0.2) is 0 Å². The summed E-state index contributed by atoms with van der Waals surface area (Å²) >= 11 is 6.38. The molecule has 0 fully saturated rings. The lowest BCUT2D eigenvalue weighted by atomic mass is 10.1. The normalized spacial score (nSPS) is 10.9. The van der Waals surface area contributed by atoms with Crippen LogP contribution in [0.15, 0.2) is 54.6 Å². The molecular weight excluding hydrogens is 377 g/mol. The molecule has 0 N–H and O–H groups in total. The molecule has 1 amide bonds. The largest absolute Gasteiger partial charge is 0.337 e. The fourth-order valence-electron chi connectivity index (χ4n) is 3.12. The summed E-state index contributed by atoms with van der Waals surface area (Å²) in [6.45, 7) is 5.44. The summed E-state index contributed by atoms with van der Waals surface area (Å²) in [5.74, 6) is -0.410. The summed E-state index contributed by atoms with van der Waals surface area (Å²) in [5.41, 5.74) is 2.40. The van der Waals surface area contributed by atoms with Crippen LogP contribution < -0.4 is 0 Å². The number of amides is 1. The third kappa shape index (κ3) is 4.25. The third-order valence-corrected chi connectivity index (χ3v) is 4.74. The Morgan fingerprint density at radius 2 is 1.71 bits per heavy atom. The van der Waals surface area contributed by atoms with Gasteiger partial charge in [0.25, 0.3) is 5.91 Å². The Labute approximate surface area is 169 Å². The van der Waals surface area contributed by atoms with Gasteiger partial charge in [0, 0.05) is 18.7 Å². The van der Waals surface area contributed by atoms with Crippen LogP contribution in [0.3, 0.4) is 0 Å². The number of benzene rings is 2. The van der Waals surface area contributed by atoms with Crippen LogP contribution in [0.25, 0.3) is 16.9 Å². The predicted molar refractivity (Wildman–Crippen MR) is 110 cm³/mol. The highest BCUT2D eigenvalue weighted by Crippen LogP contribution is 2.26. The second-order valence-electron chi connectivity index (χ2n) is 6.58. The summed E-state index contributed by atoms with van der Waals surface area (Å²) < 4.78 is 14.9. The first-order chi connectivity index (χ1) is 13.5. The van der Waals surface area contributed by atoms with E-state index in [9.17, 15) is 9.18 Å². The molecule has 0 saturated carbocycles. The average molecular weight is 400 g/mol. The molecule has 1 aromatic heterocycles. The molecule has 0 aliphatic rings. The van der Waals surface area contributed by atoms with Crippen LogP contribution in [0, 0.1) is 5.82 Å². The molecule has 146 valence electrons. The molecule has 0 atom stereocenters. The van der Waals surface area contributed by atoms with Crippen molar-refractivity contribution >= 4 is 17.5 Å². The van der Waals surface area contributed by atoms with Crippen molar-refractivity contribution in [1.29, 1.82) is 0 Å². The molecular formula is C22H23ClFN3O. The smallest absolute Gasteiger partial charge is 0.272 e. The minimum Gasteiger partial charge on any atom is -0.337 e. The van der Waals surface area contributed by atoms with E-state index >= 15 is 0 Å². The van der Waals surface area contributed by atoms with E-state index in [-0.39, 0.29) is 11.7 Å². The minimum absolute atomic E-state index is 0.0931. The number of nitrogens with zero attached hydrogens (tertiary/aromatic N) is 3. The predicted octanol–water partition coefficient (Wildman–Crippen LogP) is 5.59. The van der Waals surface area contributed by atoms with E-state index < -0.39 is 0 Å². The minimum atomic E-state index is -0.317. The van der Waals surface area contributed by atoms with Crippen molar-refractivity contribution in [2.24, 2.45) is 0 Å². The molecule has 28 heavy (non-hydrogen) atoms. The number of carbonyl (C=O) groups is 1. The van der Waals surface area contributed by atoms with Gasteiger partial charge in [0.05, 0.1) is 16.4 Å². The Kier molecular flexibility index (Phi) is 6.47. The Balaban J connectivity index is 2.12. The van der Waals surface area contributed by atoms with Crippen molar-refractivity contribution in [1.82, 2.24) is 14.7 Å². The number of halogens is 2. The van der Waals surface area contributed by atoms with Gasteiger partial charge >= 0.3 is 0 Å². The van der Waals surface area contributed by atoms with Crippen LogP contribution in [0.1, 0.15) is 37.2 Å². The molecule has 0 unspecified atom stereocenters. The molecule has 3 aromatic rings. The molecule has 0 bridgehead atoms. The van der Waals surface area contributed by atoms with E-state index in [0.29, 0.717) is 35.2 Å². The van der Waals surface area contributed by atoms with Crippen LogP contribution in [0.2, 0.25) is 5.02 Å². The number of hydrogen-bond donors (Lipinski definition) is 0. The van der Waals surface area contributed by atoms with Crippen LogP contribution in [0.5, 0.6) is 0 Å². The zero-order valence-electron chi connectivity index (χ0n) is 16.0. The maximum Gasteiger partial charge on any atom is 0.272 e. The maximum absolute atomic E-state index is 13.3. The molecule has 0 radical (unpaired) electrons. The number of aromatic nitrogens is 2. The van der Waals surface area contributed by atoms with Crippen molar-refractivity contribution in [2.45, 2.75) is 26.7 Å². The first-order valence-electron chi connectivity index (χ1n) is 9.45. The van der Waals surface area contributed by atoms with Crippen LogP contribution in [0.4, 0.5) is 4.39 Å². The van der Waals surface area contributed by atoms with Crippen LogP contribution in [-0.2, 0) is 0 Å². The first kappa shape index (κ1) is 20.1. The van der Waals surface area contributed by atoms with Crippen molar-refractivity contribution in [3.63, 3.8) is 0 Å². The molecule has 4 nitrogen and oxygen atoms in total.